The van der Waals surface area contributed by atoms with Crippen molar-refractivity contribution in [3.63, 3.8) is 0 Å². The van der Waals surface area contributed by atoms with Crippen LogP contribution in [-0.4, -0.2) is 6.61 Å². The molecule has 0 amide bonds. The molecule has 0 radical (unpaired) electrons. The molecule has 0 spiro atoms. The number of rotatable bonds is 7. The molecular weight excluding hydrogens is 424 g/mol. The maximum Gasteiger partial charge on any atom is 0.207 e. The van der Waals surface area contributed by atoms with Crippen LogP contribution < -0.4 is 14.2 Å². The second-order valence-corrected chi connectivity index (χ2v) is 7.53. The fourth-order valence-electron chi connectivity index (χ4n) is 3.73. The van der Waals surface area contributed by atoms with Crippen molar-refractivity contribution in [2.24, 2.45) is 0 Å². The predicted octanol–water partition coefficient (Wildman–Crippen LogP) is 6.87. The summed E-state index contributed by atoms with van der Waals surface area (Å²) in [5.74, 6) is -3.97. The third-order valence-corrected chi connectivity index (χ3v) is 5.25. The highest BCUT2D eigenvalue weighted by molar-refractivity contribution is 5.54. The second kappa shape index (κ2) is 9.10. The Hall–Kier alpha value is -3.22. The molecule has 168 valence electrons. The smallest absolute Gasteiger partial charge is 0.207 e. The first-order chi connectivity index (χ1) is 15.4. The molecule has 0 N–H and O–H groups in total. The van der Waals surface area contributed by atoms with E-state index in [1.807, 2.05) is 6.92 Å². The lowest BCUT2D eigenvalue weighted by Gasteiger charge is -2.23. The van der Waals surface area contributed by atoms with Gasteiger partial charge in [0.15, 0.2) is 34.6 Å². The summed E-state index contributed by atoms with van der Waals surface area (Å²) in [5.41, 5.74) is 1.73. The van der Waals surface area contributed by atoms with Gasteiger partial charge in [-0.15, -0.1) is 0 Å². The molecule has 0 saturated heterocycles. The average Bonchev–Trinajstić information content (AvgIpc) is 2.78. The molecule has 1 aliphatic heterocycles. The quantitative estimate of drug-likeness (QED) is 0.290. The summed E-state index contributed by atoms with van der Waals surface area (Å²) in [6, 6.07) is 8.98. The van der Waals surface area contributed by atoms with Gasteiger partial charge in [0, 0.05) is 17.5 Å². The minimum absolute atomic E-state index is 0.0982. The molecule has 1 aliphatic rings. The van der Waals surface area contributed by atoms with E-state index in [1.165, 1.54) is 18.2 Å². The van der Waals surface area contributed by atoms with E-state index >= 15 is 4.39 Å². The van der Waals surface area contributed by atoms with Crippen molar-refractivity contribution in [3.8, 4) is 23.0 Å². The van der Waals surface area contributed by atoms with Gasteiger partial charge >= 0.3 is 0 Å². The summed E-state index contributed by atoms with van der Waals surface area (Å²) in [6.45, 7) is 3.86. The van der Waals surface area contributed by atoms with E-state index in [4.69, 9.17) is 14.2 Å². The minimum atomic E-state index is -1.12. The highest BCUT2D eigenvalue weighted by Crippen LogP contribution is 2.43. The van der Waals surface area contributed by atoms with Crippen LogP contribution in [0.3, 0.4) is 0 Å². The lowest BCUT2D eigenvalue weighted by atomic mass is 9.96. The molecule has 3 nitrogen and oxygen atoms in total. The Balaban J connectivity index is 1.56. The largest absolute Gasteiger partial charge is 0.491 e. The Morgan fingerprint density at radius 1 is 0.812 bits per heavy atom. The van der Waals surface area contributed by atoms with Crippen molar-refractivity contribution >= 4 is 0 Å². The summed E-state index contributed by atoms with van der Waals surface area (Å²) in [6.07, 6.45) is 1.27. The van der Waals surface area contributed by atoms with Crippen molar-refractivity contribution in [3.05, 3.63) is 81.9 Å². The number of hydrogen-bond acceptors (Lipinski definition) is 3. The molecule has 3 aromatic carbocycles. The molecule has 4 rings (SSSR count). The number of halogens is 4. The van der Waals surface area contributed by atoms with Gasteiger partial charge in [-0.3, -0.25) is 0 Å². The van der Waals surface area contributed by atoms with Crippen molar-refractivity contribution in [1.29, 1.82) is 0 Å². The van der Waals surface area contributed by atoms with E-state index in [0.717, 1.165) is 0 Å². The Kier molecular flexibility index (Phi) is 6.26. The zero-order valence-electron chi connectivity index (χ0n) is 17.7. The van der Waals surface area contributed by atoms with E-state index < -0.39 is 23.3 Å². The van der Waals surface area contributed by atoms with Crippen molar-refractivity contribution in [2.45, 2.75) is 39.7 Å². The SMILES string of the molecule is CCCc1cc2c(c(F)c1F)Oc1c(ccc(OCc3ccc(OCC)c(F)c3)c1F)C2. The van der Waals surface area contributed by atoms with E-state index in [-0.39, 0.29) is 41.6 Å². The lowest BCUT2D eigenvalue weighted by Crippen LogP contribution is -2.10. The summed E-state index contributed by atoms with van der Waals surface area (Å²) in [7, 11) is 0. The van der Waals surface area contributed by atoms with Crippen LogP contribution in [0.2, 0.25) is 0 Å². The van der Waals surface area contributed by atoms with Crippen LogP contribution >= 0.6 is 0 Å². The number of aryl methyl sites for hydroxylation is 1. The van der Waals surface area contributed by atoms with Crippen molar-refractivity contribution < 1.29 is 31.8 Å². The topological polar surface area (TPSA) is 27.7 Å². The first kappa shape index (κ1) is 22.0. The Morgan fingerprint density at radius 3 is 2.28 bits per heavy atom. The minimum Gasteiger partial charge on any atom is -0.491 e. The molecule has 32 heavy (non-hydrogen) atoms. The summed E-state index contributed by atoms with van der Waals surface area (Å²) in [5, 5.41) is 0. The van der Waals surface area contributed by atoms with Gasteiger partial charge in [0.25, 0.3) is 0 Å². The van der Waals surface area contributed by atoms with Gasteiger partial charge in [-0.1, -0.05) is 25.5 Å². The van der Waals surface area contributed by atoms with Gasteiger partial charge < -0.3 is 14.2 Å². The van der Waals surface area contributed by atoms with Gasteiger partial charge in [0.2, 0.25) is 11.6 Å². The highest BCUT2D eigenvalue weighted by atomic mass is 19.2. The molecule has 0 aliphatic carbocycles. The van der Waals surface area contributed by atoms with Gasteiger partial charge in [0.1, 0.15) is 6.61 Å². The van der Waals surface area contributed by atoms with Crippen LogP contribution in [0.4, 0.5) is 17.6 Å². The highest BCUT2D eigenvalue weighted by Gasteiger charge is 2.28. The van der Waals surface area contributed by atoms with Gasteiger partial charge in [-0.05, 0) is 48.7 Å². The van der Waals surface area contributed by atoms with Crippen LogP contribution in [0.25, 0.3) is 0 Å². The molecular formula is C25H22F4O3. The van der Waals surface area contributed by atoms with E-state index in [0.29, 0.717) is 36.1 Å². The maximum atomic E-state index is 15.1. The lowest BCUT2D eigenvalue weighted by molar-refractivity contribution is 0.281. The standard InChI is InChI=1S/C25H22F4O3/c1-3-5-15-11-17-12-16-7-9-20(22(28)24(16)32-25(17)23(29)21(15)27)31-13-14-6-8-19(30-4-2)18(26)10-14/h6-11H,3-5,12-13H2,1-2H3. The van der Waals surface area contributed by atoms with Crippen LogP contribution in [0.5, 0.6) is 23.0 Å². The molecule has 0 aromatic heterocycles. The first-order valence-corrected chi connectivity index (χ1v) is 10.5. The second-order valence-electron chi connectivity index (χ2n) is 7.53. The van der Waals surface area contributed by atoms with Crippen LogP contribution in [0.1, 0.15) is 42.5 Å². The summed E-state index contributed by atoms with van der Waals surface area (Å²) < 4.78 is 74.1. The summed E-state index contributed by atoms with van der Waals surface area (Å²) >= 11 is 0. The molecule has 1 heterocycles. The molecule has 0 unspecified atom stereocenters. The predicted molar refractivity (Wildman–Crippen MR) is 112 cm³/mol. The normalized spacial score (nSPS) is 12.1. The molecule has 0 saturated carbocycles. The van der Waals surface area contributed by atoms with Gasteiger partial charge in [0.05, 0.1) is 6.61 Å². The van der Waals surface area contributed by atoms with Gasteiger partial charge in [-0.25, -0.2) is 8.78 Å². The first-order valence-electron chi connectivity index (χ1n) is 10.5. The third-order valence-electron chi connectivity index (χ3n) is 5.25. The van der Waals surface area contributed by atoms with Crippen molar-refractivity contribution in [2.75, 3.05) is 6.61 Å². The Bertz CT molecular complexity index is 1160. The zero-order chi connectivity index (χ0) is 22.8. The Labute approximate surface area is 183 Å². The fourth-order valence-corrected chi connectivity index (χ4v) is 3.73. The molecule has 0 bridgehead atoms. The molecule has 0 fully saturated rings. The molecule has 0 atom stereocenters. The van der Waals surface area contributed by atoms with Gasteiger partial charge in [-0.2, -0.15) is 8.78 Å². The maximum absolute atomic E-state index is 15.1. The fraction of sp³-hybridized carbons (Fsp3) is 0.280. The van der Waals surface area contributed by atoms with E-state index in [2.05, 4.69) is 0 Å². The van der Waals surface area contributed by atoms with E-state index in [9.17, 15) is 13.2 Å². The summed E-state index contributed by atoms with van der Waals surface area (Å²) in [4.78, 5) is 0. The van der Waals surface area contributed by atoms with Crippen molar-refractivity contribution in [1.82, 2.24) is 0 Å². The zero-order valence-corrected chi connectivity index (χ0v) is 17.7. The number of benzene rings is 3. The van der Waals surface area contributed by atoms with Crippen LogP contribution in [-0.2, 0) is 19.4 Å². The molecule has 7 heteroatoms. The number of hydrogen-bond donors (Lipinski definition) is 0. The average molecular weight is 446 g/mol. The monoisotopic (exact) mass is 446 g/mol. The third kappa shape index (κ3) is 4.11. The number of fused-ring (bicyclic) bond motifs is 2. The van der Waals surface area contributed by atoms with Crippen LogP contribution in [0, 0.1) is 23.3 Å². The van der Waals surface area contributed by atoms with Crippen LogP contribution in [0.15, 0.2) is 36.4 Å². The molecule has 3 aromatic rings. The Morgan fingerprint density at radius 2 is 1.56 bits per heavy atom. The van der Waals surface area contributed by atoms with E-state index in [1.54, 1.807) is 25.1 Å². The number of ether oxygens (including phenoxy) is 3.